The number of rotatable bonds is 1. The van der Waals surface area contributed by atoms with Gasteiger partial charge in [0.25, 0.3) is 0 Å². The predicted molar refractivity (Wildman–Crippen MR) is 98.5 cm³/mol. The molecular weight excluding hydrogens is 369 g/mol. The molecule has 26 heavy (non-hydrogen) atoms. The van der Waals surface area contributed by atoms with Crippen LogP contribution in [0.1, 0.15) is 17.9 Å². The molecule has 7 heteroatoms. The van der Waals surface area contributed by atoms with Crippen molar-refractivity contribution in [2.24, 2.45) is 17.1 Å². The Labute approximate surface area is 162 Å². The van der Waals surface area contributed by atoms with Gasteiger partial charge in [0.05, 0.1) is 33.5 Å². The zero-order valence-electron chi connectivity index (χ0n) is 14.0. The maximum atomic E-state index is 9.96. The molecule has 1 aliphatic heterocycles. The van der Waals surface area contributed by atoms with Crippen LogP contribution in [0.4, 0.5) is 0 Å². The summed E-state index contributed by atoms with van der Waals surface area (Å²) in [4.78, 5) is 1.97. The van der Waals surface area contributed by atoms with E-state index in [1.807, 2.05) is 18.1 Å². The average Bonchev–Trinajstić information content (AvgIpc) is 2.64. The molecule has 0 spiro atoms. The maximum Gasteiger partial charge on any atom is 0.191 e. The van der Waals surface area contributed by atoms with E-state index in [2.05, 4.69) is 18.2 Å². The van der Waals surface area contributed by atoms with Crippen LogP contribution < -0.4 is 5.73 Å². The average molecular weight is 384 g/mol. The van der Waals surface area contributed by atoms with Crippen LogP contribution in [-0.4, -0.2) is 18.5 Å². The molecule has 0 unspecified atom stereocenters. The van der Waals surface area contributed by atoms with E-state index in [0.29, 0.717) is 22.0 Å². The molecule has 0 saturated heterocycles. The zero-order chi connectivity index (χ0) is 19.1. The van der Waals surface area contributed by atoms with Crippen molar-refractivity contribution < 1.29 is 0 Å². The maximum absolute atomic E-state index is 9.96. The van der Waals surface area contributed by atoms with Gasteiger partial charge in [0.1, 0.15) is 6.07 Å². The van der Waals surface area contributed by atoms with Gasteiger partial charge < -0.3 is 10.6 Å². The van der Waals surface area contributed by atoms with Crippen LogP contribution in [0, 0.1) is 45.3 Å². The number of hydrogen-bond donors (Lipinski definition) is 1. The largest absolute Gasteiger partial charge is 0.399 e. The summed E-state index contributed by atoms with van der Waals surface area (Å²) in [5.74, 6) is -0.843. The van der Waals surface area contributed by atoms with Gasteiger partial charge in [0.15, 0.2) is 5.41 Å². The van der Waals surface area contributed by atoms with E-state index in [0.717, 1.165) is 12.1 Å². The number of nitrogens with two attached hydrogens (primary N) is 1. The Morgan fingerprint density at radius 1 is 1.23 bits per heavy atom. The molecule has 0 amide bonds. The number of benzene rings is 1. The van der Waals surface area contributed by atoms with Crippen LogP contribution in [0.25, 0.3) is 0 Å². The van der Waals surface area contributed by atoms with Gasteiger partial charge in [-0.1, -0.05) is 35.3 Å². The minimum absolute atomic E-state index is 0.0242. The lowest BCUT2D eigenvalue weighted by atomic mass is 9.57. The molecule has 3 rings (SSSR count). The Morgan fingerprint density at radius 2 is 1.92 bits per heavy atom. The fourth-order valence-corrected chi connectivity index (χ4v) is 4.36. The zero-order valence-corrected chi connectivity index (χ0v) is 15.5. The Bertz CT molecular complexity index is 944. The molecule has 130 valence electrons. The second-order valence-electron chi connectivity index (χ2n) is 6.51. The van der Waals surface area contributed by atoms with E-state index in [1.165, 1.54) is 0 Å². The fraction of sp³-hybridized carbons (Fsp3) is 0.316. The van der Waals surface area contributed by atoms with Crippen LogP contribution in [0.15, 0.2) is 41.2 Å². The highest BCUT2D eigenvalue weighted by atomic mass is 35.5. The predicted octanol–water partition coefficient (Wildman–Crippen LogP) is 3.70. The minimum Gasteiger partial charge on any atom is -0.399 e. The molecule has 1 aliphatic carbocycles. The molecule has 5 nitrogen and oxygen atoms in total. The van der Waals surface area contributed by atoms with Crippen molar-refractivity contribution in [1.82, 2.24) is 4.90 Å². The van der Waals surface area contributed by atoms with Crippen molar-refractivity contribution in [2.75, 3.05) is 13.6 Å². The molecule has 2 aliphatic rings. The first kappa shape index (κ1) is 18.2. The quantitative estimate of drug-likeness (QED) is 0.796. The van der Waals surface area contributed by atoms with Crippen LogP contribution in [0.5, 0.6) is 0 Å². The van der Waals surface area contributed by atoms with Gasteiger partial charge in [0, 0.05) is 25.7 Å². The number of fused-ring (bicyclic) bond motifs is 1. The summed E-state index contributed by atoms with van der Waals surface area (Å²) in [5, 5.41) is 30.2. The van der Waals surface area contributed by atoms with Gasteiger partial charge in [0.2, 0.25) is 0 Å². The molecule has 2 atom stereocenters. The van der Waals surface area contributed by atoms with Crippen molar-refractivity contribution in [1.29, 1.82) is 15.8 Å². The van der Waals surface area contributed by atoms with Gasteiger partial charge in [-0.3, -0.25) is 0 Å². The fourth-order valence-electron chi connectivity index (χ4n) is 3.93. The first-order chi connectivity index (χ1) is 12.4. The Morgan fingerprint density at radius 3 is 2.54 bits per heavy atom. The number of allylic oxidation sites excluding steroid dienone is 3. The third kappa shape index (κ3) is 2.43. The SMILES string of the molecule is CN1C=C2C(C#N)=C(N)C(C#N)(C#N)[C@H](c3cccc(Cl)c3Cl)[C@@H]2CC1. The van der Waals surface area contributed by atoms with Gasteiger partial charge in [-0.15, -0.1) is 0 Å². The molecule has 1 aromatic carbocycles. The second-order valence-corrected chi connectivity index (χ2v) is 7.30. The van der Waals surface area contributed by atoms with E-state index in [1.54, 1.807) is 18.2 Å². The summed E-state index contributed by atoms with van der Waals surface area (Å²) in [6.45, 7) is 0.731. The number of nitriles is 3. The molecule has 0 bridgehead atoms. The smallest absolute Gasteiger partial charge is 0.191 e. The van der Waals surface area contributed by atoms with Crippen molar-refractivity contribution in [3.63, 3.8) is 0 Å². The molecule has 0 radical (unpaired) electrons. The summed E-state index contributed by atoms with van der Waals surface area (Å²) < 4.78 is 0. The van der Waals surface area contributed by atoms with Crippen molar-refractivity contribution in [2.45, 2.75) is 12.3 Å². The van der Waals surface area contributed by atoms with Crippen molar-refractivity contribution in [3.8, 4) is 18.2 Å². The summed E-state index contributed by atoms with van der Waals surface area (Å²) in [7, 11) is 1.91. The van der Waals surface area contributed by atoms with Crippen LogP contribution >= 0.6 is 23.2 Å². The highest BCUT2D eigenvalue weighted by molar-refractivity contribution is 6.42. The molecule has 1 heterocycles. The summed E-state index contributed by atoms with van der Waals surface area (Å²) >= 11 is 12.6. The van der Waals surface area contributed by atoms with E-state index < -0.39 is 11.3 Å². The molecular formula is C19H15Cl2N5. The minimum atomic E-state index is -1.68. The third-order valence-electron chi connectivity index (χ3n) is 5.18. The van der Waals surface area contributed by atoms with Crippen LogP contribution in [0.2, 0.25) is 10.0 Å². The highest BCUT2D eigenvalue weighted by Gasteiger charge is 2.54. The van der Waals surface area contributed by atoms with E-state index in [9.17, 15) is 15.8 Å². The normalized spacial score (nSPS) is 24.0. The number of hydrogen-bond acceptors (Lipinski definition) is 5. The lowest BCUT2D eigenvalue weighted by molar-refractivity contribution is 0.275. The van der Waals surface area contributed by atoms with Crippen LogP contribution in [-0.2, 0) is 0 Å². The topological polar surface area (TPSA) is 101 Å². The van der Waals surface area contributed by atoms with Gasteiger partial charge in [-0.25, -0.2) is 0 Å². The highest BCUT2D eigenvalue weighted by Crippen LogP contribution is 2.56. The standard InChI is InChI=1S/C19H15Cl2N5/c1-26-6-5-11-14(8-26)13(7-22)18(25)19(9-23,10-24)16(11)12-3-2-4-15(20)17(12)21/h2-4,8,11,16H,5-6,25H2,1H3/t11-,16+/m1/s1. The number of nitrogens with zero attached hydrogens (tertiary/aromatic N) is 4. The molecule has 1 aromatic rings. The van der Waals surface area contributed by atoms with E-state index in [4.69, 9.17) is 28.9 Å². The first-order valence-electron chi connectivity index (χ1n) is 8.00. The number of halogens is 2. The molecule has 2 N–H and O–H groups in total. The molecule has 0 saturated carbocycles. The summed E-state index contributed by atoms with van der Waals surface area (Å²) in [6.07, 6.45) is 2.53. The lowest BCUT2D eigenvalue weighted by Crippen LogP contribution is -2.44. The van der Waals surface area contributed by atoms with E-state index >= 15 is 0 Å². The Kier molecular flexibility index (Phi) is 4.59. The Balaban J connectivity index is 2.39. The first-order valence-corrected chi connectivity index (χ1v) is 8.76. The van der Waals surface area contributed by atoms with Crippen LogP contribution in [0.3, 0.4) is 0 Å². The summed E-state index contributed by atoms with van der Waals surface area (Å²) in [6, 6.07) is 11.4. The van der Waals surface area contributed by atoms with E-state index in [-0.39, 0.29) is 17.2 Å². The van der Waals surface area contributed by atoms with Crippen molar-refractivity contribution >= 4 is 23.2 Å². The molecule has 0 fully saturated rings. The van der Waals surface area contributed by atoms with Crippen molar-refractivity contribution in [3.05, 3.63) is 56.9 Å². The lowest BCUT2D eigenvalue weighted by Gasteiger charge is -2.44. The third-order valence-corrected chi connectivity index (χ3v) is 6.02. The van der Waals surface area contributed by atoms with Gasteiger partial charge >= 0.3 is 0 Å². The molecule has 0 aromatic heterocycles. The summed E-state index contributed by atoms with van der Waals surface area (Å²) in [5.41, 5.74) is 6.07. The monoisotopic (exact) mass is 383 g/mol. The van der Waals surface area contributed by atoms with Gasteiger partial charge in [-0.05, 0) is 29.5 Å². The van der Waals surface area contributed by atoms with Gasteiger partial charge in [-0.2, -0.15) is 15.8 Å². The Hall–Kier alpha value is -2.65. The second kappa shape index (κ2) is 6.58.